The average molecular weight is 362 g/mol. The van der Waals surface area contributed by atoms with Gasteiger partial charge in [0.25, 0.3) is 0 Å². The number of aromatic amines is 1. The Balaban J connectivity index is 1.49. The van der Waals surface area contributed by atoms with E-state index in [0.29, 0.717) is 17.0 Å². The fourth-order valence-corrected chi connectivity index (χ4v) is 3.95. The van der Waals surface area contributed by atoms with Crippen LogP contribution in [0.2, 0.25) is 0 Å². The van der Waals surface area contributed by atoms with E-state index in [1.165, 1.54) is 26.8 Å². The van der Waals surface area contributed by atoms with E-state index in [9.17, 15) is 9.59 Å². The Morgan fingerprint density at radius 3 is 2.60 bits per heavy atom. The molecular formula is C17H24N5O2S+. The SMILES string of the molecule is C[C@H](c1ccccc1)[NH+]1CCN(C(=O)CSc2n[nH]c(=O)n2C)CC1. The van der Waals surface area contributed by atoms with Crippen LogP contribution in [0.15, 0.2) is 40.3 Å². The molecule has 0 unspecified atom stereocenters. The molecule has 0 bridgehead atoms. The van der Waals surface area contributed by atoms with Crippen molar-refractivity contribution in [2.24, 2.45) is 7.05 Å². The maximum atomic E-state index is 12.4. The molecule has 1 saturated heterocycles. The number of H-pyrrole nitrogens is 1. The summed E-state index contributed by atoms with van der Waals surface area (Å²) in [6.45, 7) is 5.69. The second-order valence-electron chi connectivity index (χ2n) is 6.33. The highest BCUT2D eigenvalue weighted by molar-refractivity contribution is 7.99. The summed E-state index contributed by atoms with van der Waals surface area (Å²) in [6, 6.07) is 11.0. The van der Waals surface area contributed by atoms with Crippen molar-refractivity contribution in [3.63, 3.8) is 0 Å². The van der Waals surface area contributed by atoms with Gasteiger partial charge >= 0.3 is 5.69 Å². The smallest absolute Gasteiger partial charge is 0.331 e. The third kappa shape index (κ3) is 4.13. The molecule has 8 heteroatoms. The van der Waals surface area contributed by atoms with Crippen LogP contribution in [0.5, 0.6) is 0 Å². The third-order valence-corrected chi connectivity index (χ3v) is 5.85. The highest BCUT2D eigenvalue weighted by Gasteiger charge is 2.27. The van der Waals surface area contributed by atoms with Gasteiger partial charge in [-0.25, -0.2) is 9.89 Å². The van der Waals surface area contributed by atoms with Crippen LogP contribution in [-0.4, -0.2) is 57.5 Å². The first-order valence-corrected chi connectivity index (χ1v) is 9.46. The van der Waals surface area contributed by atoms with Gasteiger partial charge in [-0.1, -0.05) is 42.1 Å². The van der Waals surface area contributed by atoms with Gasteiger partial charge in [0.1, 0.15) is 6.04 Å². The molecule has 25 heavy (non-hydrogen) atoms. The Hall–Kier alpha value is -2.06. The molecule has 1 atom stereocenters. The third-order valence-electron chi connectivity index (χ3n) is 4.83. The molecule has 2 N–H and O–H groups in total. The number of piperazine rings is 1. The number of carbonyl (C=O) groups excluding carboxylic acids is 1. The van der Waals surface area contributed by atoms with E-state index >= 15 is 0 Å². The van der Waals surface area contributed by atoms with Gasteiger partial charge in [-0.2, -0.15) is 0 Å². The zero-order valence-corrected chi connectivity index (χ0v) is 15.4. The molecule has 1 aliphatic heterocycles. The lowest BCUT2D eigenvalue weighted by Gasteiger charge is -2.35. The molecule has 2 heterocycles. The lowest BCUT2D eigenvalue weighted by atomic mass is 10.1. The molecule has 1 aromatic heterocycles. The fourth-order valence-electron chi connectivity index (χ4n) is 3.13. The van der Waals surface area contributed by atoms with E-state index in [-0.39, 0.29) is 11.6 Å². The van der Waals surface area contributed by atoms with Crippen LogP contribution in [0.4, 0.5) is 0 Å². The van der Waals surface area contributed by atoms with Gasteiger partial charge in [0.15, 0.2) is 5.16 Å². The number of quaternary nitrogens is 1. The predicted octanol–water partition coefficient (Wildman–Crippen LogP) is -0.311. The average Bonchev–Trinajstić information content (AvgIpc) is 2.98. The number of carbonyl (C=O) groups is 1. The molecule has 134 valence electrons. The monoisotopic (exact) mass is 362 g/mol. The topological polar surface area (TPSA) is 75.4 Å². The summed E-state index contributed by atoms with van der Waals surface area (Å²) in [7, 11) is 1.64. The van der Waals surface area contributed by atoms with Gasteiger partial charge in [-0.15, -0.1) is 5.10 Å². The number of nitrogens with one attached hydrogen (secondary N) is 2. The minimum atomic E-state index is -0.262. The van der Waals surface area contributed by atoms with Gasteiger partial charge in [-0.3, -0.25) is 9.36 Å². The minimum Gasteiger partial charge on any atom is -0.331 e. The van der Waals surface area contributed by atoms with Crippen molar-refractivity contribution >= 4 is 17.7 Å². The summed E-state index contributed by atoms with van der Waals surface area (Å²) in [5.41, 5.74) is 1.08. The van der Waals surface area contributed by atoms with Crippen LogP contribution in [-0.2, 0) is 11.8 Å². The number of hydrogen-bond donors (Lipinski definition) is 2. The molecule has 1 aromatic carbocycles. The largest absolute Gasteiger partial charge is 0.343 e. The molecule has 0 spiro atoms. The number of nitrogens with zero attached hydrogens (tertiary/aromatic N) is 3. The first-order valence-electron chi connectivity index (χ1n) is 8.47. The van der Waals surface area contributed by atoms with Gasteiger partial charge in [0.2, 0.25) is 5.91 Å². The van der Waals surface area contributed by atoms with Crippen molar-refractivity contribution in [3.8, 4) is 0 Å². The van der Waals surface area contributed by atoms with Gasteiger partial charge in [0, 0.05) is 12.6 Å². The van der Waals surface area contributed by atoms with Crippen LogP contribution in [0, 0.1) is 0 Å². The van der Waals surface area contributed by atoms with Crippen LogP contribution < -0.4 is 10.6 Å². The highest BCUT2D eigenvalue weighted by Crippen LogP contribution is 2.13. The van der Waals surface area contributed by atoms with E-state index < -0.39 is 0 Å². The molecule has 7 nitrogen and oxygen atoms in total. The maximum Gasteiger partial charge on any atom is 0.343 e. The molecule has 0 aliphatic carbocycles. The van der Waals surface area contributed by atoms with Crippen molar-refractivity contribution in [1.82, 2.24) is 19.7 Å². The fraction of sp³-hybridized carbons (Fsp3) is 0.471. The quantitative estimate of drug-likeness (QED) is 0.716. The van der Waals surface area contributed by atoms with Crippen LogP contribution in [0.3, 0.4) is 0 Å². The maximum absolute atomic E-state index is 12.4. The Morgan fingerprint density at radius 1 is 1.32 bits per heavy atom. The summed E-state index contributed by atoms with van der Waals surface area (Å²) in [5.74, 6) is 0.411. The lowest BCUT2D eigenvalue weighted by molar-refractivity contribution is -0.933. The number of hydrogen-bond acceptors (Lipinski definition) is 4. The number of benzene rings is 1. The Kier molecular flexibility index (Phi) is 5.60. The van der Waals surface area contributed by atoms with Gasteiger partial charge in [-0.05, 0) is 6.92 Å². The molecule has 0 saturated carbocycles. The van der Waals surface area contributed by atoms with E-state index in [4.69, 9.17) is 0 Å². The van der Waals surface area contributed by atoms with Gasteiger partial charge < -0.3 is 9.80 Å². The summed E-state index contributed by atoms with van der Waals surface area (Å²) < 4.78 is 1.42. The van der Waals surface area contributed by atoms with Crippen LogP contribution in [0.25, 0.3) is 0 Å². The zero-order chi connectivity index (χ0) is 17.8. The second kappa shape index (κ2) is 7.88. The normalized spacial score (nSPS) is 16.8. The first-order chi connectivity index (χ1) is 12.1. The number of thioether (sulfide) groups is 1. The lowest BCUT2D eigenvalue weighted by Crippen LogP contribution is -3.14. The Bertz CT molecular complexity index is 765. The Labute approximate surface area is 151 Å². The van der Waals surface area contributed by atoms with Crippen molar-refractivity contribution in [3.05, 3.63) is 46.4 Å². The summed E-state index contributed by atoms with van der Waals surface area (Å²) in [5, 5.41) is 6.84. The molecule has 1 aliphatic rings. The predicted molar refractivity (Wildman–Crippen MR) is 96.7 cm³/mol. The first kappa shape index (κ1) is 17.8. The van der Waals surface area contributed by atoms with Crippen LogP contribution >= 0.6 is 11.8 Å². The van der Waals surface area contributed by atoms with E-state index in [1.54, 1.807) is 7.05 Å². The molecule has 1 amide bonds. The molecule has 0 radical (unpaired) electrons. The summed E-state index contributed by atoms with van der Waals surface area (Å²) in [4.78, 5) is 27.2. The van der Waals surface area contributed by atoms with Crippen molar-refractivity contribution < 1.29 is 9.69 Å². The zero-order valence-electron chi connectivity index (χ0n) is 14.6. The van der Waals surface area contributed by atoms with E-state index in [2.05, 4.69) is 41.4 Å². The van der Waals surface area contributed by atoms with E-state index in [0.717, 1.165) is 26.2 Å². The standard InChI is InChI=1S/C17H23N5O2S/c1-13(14-6-4-3-5-7-14)21-8-10-22(11-9-21)15(23)12-25-17-19-18-16(24)20(17)2/h3-7,13H,8-12H2,1-2H3,(H,18,24)/p+1/t13-/m1/s1. The van der Waals surface area contributed by atoms with Gasteiger partial charge in [0.05, 0.1) is 31.9 Å². The summed E-state index contributed by atoms with van der Waals surface area (Å²) >= 11 is 1.30. The number of rotatable bonds is 5. The molecule has 2 aromatic rings. The highest BCUT2D eigenvalue weighted by atomic mass is 32.2. The Morgan fingerprint density at radius 2 is 2.00 bits per heavy atom. The summed E-state index contributed by atoms with van der Waals surface area (Å²) in [6.07, 6.45) is 0. The minimum absolute atomic E-state index is 0.104. The van der Waals surface area contributed by atoms with Crippen molar-refractivity contribution in [1.29, 1.82) is 0 Å². The number of aromatic nitrogens is 3. The van der Waals surface area contributed by atoms with Crippen molar-refractivity contribution in [2.45, 2.75) is 18.1 Å². The molecule has 3 rings (SSSR count). The molecular weight excluding hydrogens is 338 g/mol. The molecule has 1 fully saturated rings. The van der Waals surface area contributed by atoms with E-state index in [1.807, 2.05) is 11.0 Å². The van der Waals surface area contributed by atoms with Crippen molar-refractivity contribution in [2.75, 3.05) is 31.9 Å². The second-order valence-corrected chi connectivity index (χ2v) is 7.27. The number of amides is 1. The van der Waals surface area contributed by atoms with Crippen LogP contribution in [0.1, 0.15) is 18.5 Å².